The third-order valence-electron chi connectivity index (χ3n) is 9.91. The number of rotatable bonds is 12. The topological polar surface area (TPSA) is 140 Å². The predicted octanol–water partition coefficient (Wildman–Crippen LogP) is 5.35. The summed E-state index contributed by atoms with van der Waals surface area (Å²) in [5.41, 5.74) is 1.56. The molecule has 260 valence electrons. The number of β-lactam (4-membered cyclic amide) rings is 2. The lowest BCUT2D eigenvalue weighted by Gasteiger charge is -2.45. The van der Waals surface area contributed by atoms with Crippen LogP contribution in [0.2, 0.25) is 36.3 Å². The van der Waals surface area contributed by atoms with Crippen LogP contribution in [0.15, 0.2) is 24.3 Å². The molecule has 0 aromatic heterocycles. The zero-order chi connectivity index (χ0) is 35.4. The fourth-order valence-electron chi connectivity index (χ4n) is 5.06. The highest BCUT2D eigenvalue weighted by atomic mass is 28.4. The van der Waals surface area contributed by atoms with E-state index in [-0.39, 0.29) is 64.9 Å². The Morgan fingerprint density at radius 3 is 1.80 bits per heavy atom. The Balaban J connectivity index is 0.000000341. The molecule has 0 bridgehead atoms. The van der Waals surface area contributed by atoms with Crippen molar-refractivity contribution in [1.82, 2.24) is 10.6 Å². The maximum Gasteiger partial charge on any atom is 0.304 e. The van der Waals surface area contributed by atoms with Gasteiger partial charge in [0.2, 0.25) is 11.8 Å². The average molecular weight is 679 g/mol. The van der Waals surface area contributed by atoms with Gasteiger partial charge in [-0.15, -0.1) is 0 Å². The van der Waals surface area contributed by atoms with Crippen molar-refractivity contribution in [1.29, 1.82) is 0 Å². The first-order valence-corrected chi connectivity index (χ1v) is 22.1. The molecule has 1 aromatic rings. The minimum absolute atomic E-state index is 0.00400. The van der Waals surface area contributed by atoms with Crippen LogP contribution in [0.4, 0.5) is 0 Å². The van der Waals surface area contributed by atoms with E-state index in [2.05, 4.69) is 78.4 Å². The number of aliphatic hydroxyl groups excluding tert-OH is 1. The lowest BCUT2D eigenvalue weighted by molar-refractivity contribution is -0.173. The quantitative estimate of drug-likeness (QED) is 0.116. The van der Waals surface area contributed by atoms with Crippen molar-refractivity contribution >= 4 is 40.2 Å². The highest BCUT2D eigenvalue weighted by Gasteiger charge is 2.50. The molecule has 6 atom stereocenters. The van der Waals surface area contributed by atoms with Gasteiger partial charge in [0, 0.05) is 25.5 Å². The monoisotopic (exact) mass is 678 g/mol. The van der Waals surface area contributed by atoms with E-state index >= 15 is 0 Å². The van der Waals surface area contributed by atoms with Gasteiger partial charge < -0.3 is 29.3 Å². The molecule has 1 aromatic carbocycles. The van der Waals surface area contributed by atoms with E-state index < -0.39 is 34.7 Å². The van der Waals surface area contributed by atoms with Crippen molar-refractivity contribution in [2.24, 2.45) is 11.8 Å². The normalized spacial score (nSPS) is 23.0. The zero-order valence-electron chi connectivity index (χ0n) is 30.2. The molecule has 3 N–H and O–H groups in total. The summed E-state index contributed by atoms with van der Waals surface area (Å²) in [4.78, 5) is 47.4. The van der Waals surface area contributed by atoms with E-state index in [0.717, 1.165) is 5.56 Å². The predicted molar refractivity (Wildman–Crippen MR) is 184 cm³/mol. The van der Waals surface area contributed by atoms with Gasteiger partial charge in [-0.3, -0.25) is 19.2 Å². The fourth-order valence-corrected chi connectivity index (χ4v) is 7.92. The van der Waals surface area contributed by atoms with Crippen LogP contribution in [-0.4, -0.2) is 76.4 Å². The van der Waals surface area contributed by atoms with Crippen LogP contribution in [0.25, 0.3) is 0 Å². The summed E-state index contributed by atoms with van der Waals surface area (Å²) in [5, 5.41) is 14.7. The lowest BCUT2D eigenvalue weighted by Crippen LogP contribution is -2.65. The Morgan fingerprint density at radius 1 is 0.870 bits per heavy atom. The van der Waals surface area contributed by atoms with Gasteiger partial charge in [-0.1, -0.05) is 59.7 Å². The molecule has 2 heterocycles. The molecule has 10 nitrogen and oxygen atoms in total. The standard InChI is InChI=1S/C21H33NO4Si.C13H25NO4Si/c1-14(26-27(5,6)21(2,3)4)19-17(22-20(19)25)13-18(24)16-9-7-8-15(12-16)10-11-23;1-8(18-19(6,7)13(3,4)5)10-11(16)14-12(10)17-9(2)15/h7-9,12,14,17,19,23H,10-11,13H2,1-6H3,(H,22,25);8,10,12H,1-7H3,(H,14,16)/t14-,17-,19-;8-,10+,12-/m11/s1. The number of esters is 1. The average Bonchev–Trinajstić information content (AvgIpc) is 2.86. The van der Waals surface area contributed by atoms with E-state index in [4.69, 9.17) is 18.7 Å². The molecule has 0 aliphatic carbocycles. The van der Waals surface area contributed by atoms with Gasteiger partial charge in [-0.05, 0) is 68.2 Å². The molecule has 2 amide bonds. The van der Waals surface area contributed by atoms with E-state index in [0.29, 0.717) is 12.0 Å². The van der Waals surface area contributed by atoms with E-state index in [1.165, 1.54) is 6.92 Å². The Labute approximate surface area is 278 Å². The summed E-state index contributed by atoms with van der Waals surface area (Å²) in [5.74, 6) is -1.23. The summed E-state index contributed by atoms with van der Waals surface area (Å²) in [7, 11) is -3.91. The first kappa shape index (κ1) is 39.8. The maximum absolute atomic E-state index is 12.7. The minimum Gasteiger partial charge on any atom is -0.441 e. The van der Waals surface area contributed by atoms with Gasteiger partial charge in [-0.2, -0.15) is 0 Å². The molecule has 0 saturated carbocycles. The largest absolute Gasteiger partial charge is 0.441 e. The Morgan fingerprint density at radius 2 is 1.37 bits per heavy atom. The van der Waals surface area contributed by atoms with Crippen LogP contribution < -0.4 is 10.6 Å². The Bertz CT molecular complexity index is 1250. The zero-order valence-corrected chi connectivity index (χ0v) is 32.2. The summed E-state index contributed by atoms with van der Waals surface area (Å²) in [6.45, 7) is 26.8. The molecule has 12 heteroatoms. The summed E-state index contributed by atoms with van der Waals surface area (Å²) >= 11 is 0. The summed E-state index contributed by atoms with van der Waals surface area (Å²) < 4.78 is 17.6. The van der Waals surface area contributed by atoms with Gasteiger partial charge in [0.15, 0.2) is 28.6 Å². The molecule has 2 aliphatic rings. The SMILES string of the molecule is CC(=O)O[C@H]1NC(=O)[C@@H]1[C@@H](C)O[Si](C)(C)C(C)(C)C.C[C@@H](O[Si](C)(C)C(C)(C)C)[C@H]1C(=O)N[C@@H]1CC(=O)c1cccc(CCO)c1. The molecule has 3 rings (SSSR count). The fraction of sp³-hybridized carbons (Fsp3) is 0.706. The number of hydrogen-bond acceptors (Lipinski definition) is 8. The van der Waals surface area contributed by atoms with Crippen LogP contribution in [-0.2, 0) is 34.4 Å². The van der Waals surface area contributed by atoms with Gasteiger partial charge in [0.05, 0.1) is 24.2 Å². The molecule has 0 unspecified atom stereocenters. The van der Waals surface area contributed by atoms with Gasteiger partial charge in [0.25, 0.3) is 0 Å². The third-order valence-corrected chi connectivity index (χ3v) is 19.1. The third kappa shape index (κ3) is 10.1. The van der Waals surface area contributed by atoms with E-state index in [9.17, 15) is 19.2 Å². The number of Topliss-reactive ketones (excluding diaryl/α,β-unsaturated/α-hetero) is 1. The number of ether oxygens (including phenoxy) is 1. The molecular formula is C34H58N2O8Si2. The minimum atomic E-state index is -1.98. The maximum atomic E-state index is 12.7. The van der Waals surface area contributed by atoms with Crippen molar-refractivity contribution < 1.29 is 37.9 Å². The number of aliphatic hydroxyl groups is 1. The first-order valence-electron chi connectivity index (χ1n) is 16.3. The number of hydrogen-bond donors (Lipinski definition) is 3. The lowest BCUT2D eigenvalue weighted by atomic mass is 9.82. The van der Waals surface area contributed by atoms with Crippen molar-refractivity contribution in [3.05, 3.63) is 35.4 Å². The number of carbonyl (C=O) groups excluding carboxylic acids is 4. The molecule has 0 spiro atoms. The molecule has 0 radical (unpaired) electrons. The van der Waals surface area contributed by atoms with Crippen LogP contribution >= 0.6 is 0 Å². The number of ketones is 1. The second-order valence-electron chi connectivity index (χ2n) is 15.7. The Hall–Kier alpha value is -2.39. The van der Waals surface area contributed by atoms with Gasteiger partial charge in [-0.25, -0.2) is 0 Å². The van der Waals surface area contributed by atoms with Gasteiger partial charge in [0.1, 0.15) is 5.92 Å². The van der Waals surface area contributed by atoms with Gasteiger partial charge >= 0.3 is 5.97 Å². The first-order chi connectivity index (χ1) is 20.9. The summed E-state index contributed by atoms with van der Waals surface area (Å²) in [6, 6.07) is 7.15. The van der Waals surface area contributed by atoms with E-state index in [1.807, 2.05) is 32.0 Å². The van der Waals surface area contributed by atoms with Crippen LogP contribution in [0, 0.1) is 11.8 Å². The number of benzene rings is 1. The number of amides is 2. The highest BCUT2D eigenvalue weighted by molar-refractivity contribution is 6.74. The van der Waals surface area contributed by atoms with Crippen molar-refractivity contribution in [3.8, 4) is 0 Å². The number of nitrogens with one attached hydrogen (secondary N) is 2. The second kappa shape index (κ2) is 15.2. The number of carbonyl (C=O) groups is 4. The Kier molecular flexibility index (Phi) is 13.2. The molecule has 2 fully saturated rings. The van der Waals surface area contributed by atoms with Crippen molar-refractivity contribution in [2.75, 3.05) is 6.61 Å². The van der Waals surface area contributed by atoms with E-state index in [1.54, 1.807) is 6.07 Å². The van der Waals surface area contributed by atoms with Crippen LogP contribution in [0.1, 0.15) is 84.7 Å². The molecular weight excluding hydrogens is 621 g/mol. The molecule has 46 heavy (non-hydrogen) atoms. The van der Waals surface area contributed by atoms with Crippen molar-refractivity contribution in [2.45, 2.75) is 136 Å². The van der Waals surface area contributed by atoms with Crippen LogP contribution in [0.3, 0.4) is 0 Å². The van der Waals surface area contributed by atoms with Crippen molar-refractivity contribution in [3.63, 3.8) is 0 Å². The highest BCUT2D eigenvalue weighted by Crippen LogP contribution is 2.40. The second-order valence-corrected chi connectivity index (χ2v) is 25.2. The summed E-state index contributed by atoms with van der Waals surface area (Å²) in [6.07, 6.45) is -0.215. The van der Waals surface area contributed by atoms with Crippen LogP contribution in [0.5, 0.6) is 0 Å². The smallest absolute Gasteiger partial charge is 0.304 e. The molecule has 2 saturated heterocycles. The molecule has 2 aliphatic heterocycles.